The molecule has 2 heterocycles. The Hall–Kier alpha value is -2.91. The van der Waals surface area contributed by atoms with Gasteiger partial charge in [0, 0.05) is 12.1 Å². The van der Waals surface area contributed by atoms with Gasteiger partial charge in [-0.3, -0.25) is 18.7 Å². The fourth-order valence-corrected chi connectivity index (χ4v) is 3.43. The number of nitrogens with zero attached hydrogens (tertiary/aromatic N) is 5. The summed E-state index contributed by atoms with van der Waals surface area (Å²) < 4.78 is 106. The fourth-order valence-electron chi connectivity index (χ4n) is 2.84. The second-order valence-electron chi connectivity index (χ2n) is 7.18. The minimum Gasteiger partial charge on any atom is -0.745 e. The number of phosphoric ester groups is 1. The zero-order valence-corrected chi connectivity index (χ0v) is 23.4. The average molecular weight is 624 g/mol. The number of alkyl halides is 6. The van der Waals surface area contributed by atoms with Crippen molar-refractivity contribution in [3.05, 3.63) is 78.8 Å². The number of ether oxygens (including phenoxy) is 1. The SMILES string of the molecule is COP(=O)([O-])On1nc(Cn2cnc(C(F)(F)F)c(Oc3cc(Cl)cc(C#N)c3)c2=O)cc(C(F)(F)F)c1=O.[Na+]. The molecule has 2 aromatic heterocycles. The second kappa shape index (κ2) is 12.3. The molecular formula is C19H10ClF6N5NaO7P. The van der Waals surface area contributed by atoms with Gasteiger partial charge in [-0.15, -0.1) is 5.10 Å². The van der Waals surface area contributed by atoms with Crippen LogP contribution in [-0.2, 0) is 28.0 Å². The summed E-state index contributed by atoms with van der Waals surface area (Å²) in [5.41, 5.74) is -8.50. The number of phosphoric acid groups is 1. The Morgan fingerprint density at radius 2 is 1.75 bits per heavy atom. The van der Waals surface area contributed by atoms with Crippen LogP contribution in [0.4, 0.5) is 26.3 Å². The summed E-state index contributed by atoms with van der Waals surface area (Å²) in [6.07, 6.45) is -10.3. The van der Waals surface area contributed by atoms with E-state index in [9.17, 15) is 45.4 Å². The summed E-state index contributed by atoms with van der Waals surface area (Å²) in [6, 6.07) is 4.85. The number of halogens is 7. The molecule has 208 valence electrons. The van der Waals surface area contributed by atoms with Gasteiger partial charge in [0.2, 0.25) is 5.75 Å². The molecule has 0 aliphatic rings. The quantitative estimate of drug-likeness (QED) is 0.195. The molecule has 0 amide bonds. The molecule has 0 saturated carbocycles. The van der Waals surface area contributed by atoms with E-state index >= 15 is 0 Å². The van der Waals surface area contributed by atoms with Crippen LogP contribution in [0.25, 0.3) is 0 Å². The molecule has 3 rings (SSSR count). The normalized spacial score (nSPS) is 13.1. The summed E-state index contributed by atoms with van der Waals surface area (Å²) in [7, 11) is -4.79. The number of aromatic nitrogens is 4. The first-order chi connectivity index (χ1) is 17.9. The monoisotopic (exact) mass is 623 g/mol. The average Bonchev–Trinajstić information content (AvgIpc) is 2.81. The van der Waals surface area contributed by atoms with Crippen LogP contribution in [0.5, 0.6) is 11.5 Å². The molecule has 1 atom stereocenters. The van der Waals surface area contributed by atoms with Crippen molar-refractivity contribution in [3.8, 4) is 17.6 Å². The maximum Gasteiger partial charge on any atom is 1.00 e. The third-order valence-electron chi connectivity index (χ3n) is 4.46. The predicted octanol–water partition coefficient (Wildman–Crippen LogP) is -0.249. The number of rotatable bonds is 7. The van der Waals surface area contributed by atoms with Gasteiger partial charge >= 0.3 is 55.3 Å². The minimum atomic E-state index is -5.37. The smallest absolute Gasteiger partial charge is 0.745 e. The molecule has 1 unspecified atom stereocenters. The number of benzene rings is 1. The van der Waals surface area contributed by atoms with Crippen LogP contribution in [-0.4, -0.2) is 26.6 Å². The summed E-state index contributed by atoms with van der Waals surface area (Å²) in [6.45, 7) is -1.08. The van der Waals surface area contributed by atoms with E-state index in [2.05, 4.69) is 19.2 Å². The molecular weight excluding hydrogens is 614 g/mol. The standard InChI is InChI=1S/C19H11ClF6N5O7P.Na/c1-36-39(34,35)38-31-16(32)13(18(21,22)23)5-11(29-31)7-30-8-28-15(19(24,25)26)14(17(30)33)37-12-3-9(6-27)2-10(20)4-12;/h2-5,8H,7H2,1H3,(H,34,35);/q;+1/p-1. The van der Waals surface area contributed by atoms with Gasteiger partial charge in [-0.05, 0) is 29.1 Å². The summed E-state index contributed by atoms with van der Waals surface area (Å²) >= 11 is 5.80. The molecule has 0 bridgehead atoms. The van der Waals surface area contributed by atoms with E-state index in [0.717, 1.165) is 18.2 Å². The first kappa shape index (κ1) is 33.3. The maximum atomic E-state index is 13.6. The summed E-state index contributed by atoms with van der Waals surface area (Å²) in [5, 5.41) is 12.1. The Morgan fingerprint density at radius 3 is 2.30 bits per heavy atom. The van der Waals surface area contributed by atoms with Crippen molar-refractivity contribution in [2.45, 2.75) is 18.9 Å². The van der Waals surface area contributed by atoms with E-state index in [4.69, 9.17) is 21.6 Å². The number of hydrogen-bond donors (Lipinski definition) is 0. The van der Waals surface area contributed by atoms with Gasteiger partial charge < -0.3 is 18.8 Å². The Labute approximate surface area is 245 Å². The van der Waals surface area contributed by atoms with Gasteiger partial charge in [0.25, 0.3) is 5.56 Å². The molecule has 0 N–H and O–H groups in total. The molecule has 21 heteroatoms. The van der Waals surface area contributed by atoms with Gasteiger partial charge in [-0.25, -0.2) is 4.98 Å². The van der Waals surface area contributed by atoms with Gasteiger partial charge in [-0.2, -0.15) is 31.6 Å². The van der Waals surface area contributed by atoms with Crippen LogP contribution < -0.4 is 54.9 Å². The molecule has 0 aliphatic carbocycles. The van der Waals surface area contributed by atoms with Crippen molar-refractivity contribution in [3.63, 3.8) is 0 Å². The van der Waals surface area contributed by atoms with Crippen LogP contribution >= 0.6 is 19.4 Å². The summed E-state index contributed by atoms with van der Waals surface area (Å²) in [5.74, 6) is -1.92. The molecule has 0 aliphatic heterocycles. The molecule has 3 aromatic rings. The van der Waals surface area contributed by atoms with Crippen molar-refractivity contribution in [1.82, 2.24) is 19.5 Å². The third-order valence-corrected chi connectivity index (χ3v) is 5.48. The van der Waals surface area contributed by atoms with Gasteiger partial charge in [0.1, 0.15) is 11.3 Å². The number of hydrogen-bond acceptors (Lipinski definition) is 10. The molecule has 12 nitrogen and oxygen atoms in total. The predicted molar refractivity (Wildman–Crippen MR) is 114 cm³/mol. The maximum absolute atomic E-state index is 13.6. The van der Waals surface area contributed by atoms with E-state index in [-0.39, 0.29) is 46.2 Å². The Kier molecular flexibility index (Phi) is 10.2. The first-order valence-corrected chi connectivity index (χ1v) is 11.6. The Balaban J connectivity index is 0.00000560. The van der Waals surface area contributed by atoms with E-state index < -0.39 is 71.1 Å². The molecule has 0 fully saturated rings. The van der Waals surface area contributed by atoms with Crippen molar-refractivity contribution in [2.75, 3.05) is 7.11 Å². The number of nitriles is 1. The Morgan fingerprint density at radius 1 is 1.10 bits per heavy atom. The zero-order valence-electron chi connectivity index (χ0n) is 19.8. The van der Waals surface area contributed by atoms with Crippen LogP contribution in [0.15, 0.2) is 40.2 Å². The van der Waals surface area contributed by atoms with Crippen molar-refractivity contribution in [1.29, 1.82) is 5.26 Å². The van der Waals surface area contributed by atoms with Crippen molar-refractivity contribution < 1.29 is 79.2 Å². The second-order valence-corrected chi connectivity index (χ2v) is 9.04. The van der Waals surface area contributed by atoms with E-state index in [1.165, 1.54) is 0 Å². The van der Waals surface area contributed by atoms with Crippen LogP contribution in [0.1, 0.15) is 22.5 Å². The van der Waals surface area contributed by atoms with Crippen LogP contribution in [0.3, 0.4) is 0 Å². The molecule has 0 saturated heterocycles. The molecule has 0 spiro atoms. The van der Waals surface area contributed by atoms with E-state index in [1.54, 1.807) is 6.07 Å². The van der Waals surface area contributed by atoms with Gasteiger partial charge in [0.15, 0.2) is 5.69 Å². The van der Waals surface area contributed by atoms with Crippen LogP contribution in [0, 0.1) is 11.3 Å². The molecule has 40 heavy (non-hydrogen) atoms. The molecule has 0 radical (unpaired) electrons. The Bertz CT molecular complexity index is 1640. The van der Waals surface area contributed by atoms with Gasteiger partial charge in [0.05, 0.1) is 30.2 Å². The topological polar surface area (TPSA) is 161 Å². The minimum absolute atomic E-state index is 0. The van der Waals surface area contributed by atoms with Gasteiger partial charge in [-0.1, -0.05) is 11.6 Å². The largest absolute Gasteiger partial charge is 1.00 e. The molecule has 1 aromatic carbocycles. The van der Waals surface area contributed by atoms with Crippen molar-refractivity contribution in [2.24, 2.45) is 0 Å². The zero-order chi connectivity index (χ0) is 29.3. The van der Waals surface area contributed by atoms with Crippen LogP contribution in [0.2, 0.25) is 5.02 Å². The summed E-state index contributed by atoms with van der Waals surface area (Å²) in [4.78, 5) is 39.0. The fraction of sp³-hybridized carbons (Fsp3) is 0.211. The first-order valence-electron chi connectivity index (χ1n) is 9.77. The van der Waals surface area contributed by atoms with Crippen molar-refractivity contribution >= 4 is 19.4 Å². The third kappa shape index (κ3) is 7.85. The van der Waals surface area contributed by atoms with E-state index in [0.29, 0.717) is 18.0 Å². The van der Waals surface area contributed by atoms with E-state index in [1.807, 2.05) is 0 Å².